The maximum absolute atomic E-state index is 13.4. The monoisotopic (exact) mass is 415 g/mol. The van der Waals surface area contributed by atoms with Crippen LogP contribution in [0.2, 0.25) is 0 Å². The Morgan fingerprint density at radius 1 is 1.06 bits per heavy atom. The van der Waals surface area contributed by atoms with Gasteiger partial charge in [-0.3, -0.25) is 14.7 Å². The second kappa shape index (κ2) is 8.31. The number of piperazine rings is 1. The van der Waals surface area contributed by atoms with Crippen molar-refractivity contribution >= 4 is 16.8 Å². The molecule has 5 rings (SSSR count). The minimum atomic E-state index is 0.120. The molecule has 160 valence electrons. The minimum Gasteiger partial charge on any atom is -0.493 e. The van der Waals surface area contributed by atoms with Crippen molar-refractivity contribution in [3.8, 4) is 5.75 Å². The number of benzene rings is 2. The highest BCUT2D eigenvalue weighted by Gasteiger charge is 2.25. The summed E-state index contributed by atoms with van der Waals surface area (Å²) in [6.07, 6.45) is 1.00. The highest BCUT2D eigenvalue weighted by molar-refractivity contribution is 6.06. The predicted octanol–water partition coefficient (Wildman–Crippen LogP) is 4.25. The standard InChI is InChI=1S/C26H29N3O2/c1-18(2)24-16-22(21-5-3-4-6-23(21)27-24)26(30)29-12-10-28(11-13-29)17-19-7-8-25-20(15-19)9-14-31-25/h3-8,15-16,18H,9-14,17H2,1-2H3. The molecule has 0 aliphatic carbocycles. The van der Waals surface area contributed by atoms with E-state index in [0.29, 0.717) is 0 Å². The van der Waals surface area contributed by atoms with E-state index in [-0.39, 0.29) is 11.8 Å². The lowest BCUT2D eigenvalue weighted by molar-refractivity contribution is 0.0630. The zero-order valence-electron chi connectivity index (χ0n) is 18.3. The van der Waals surface area contributed by atoms with Crippen LogP contribution in [0.1, 0.15) is 46.9 Å². The van der Waals surface area contributed by atoms with Crippen LogP contribution in [0, 0.1) is 0 Å². The molecule has 2 aliphatic rings. The Kier molecular flexibility index (Phi) is 5.36. The summed E-state index contributed by atoms with van der Waals surface area (Å²) in [5, 5.41) is 0.944. The number of hydrogen-bond donors (Lipinski definition) is 0. The molecule has 2 aromatic carbocycles. The van der Waals surface area contributed by atoms with Gasteiger partial charge in [-0.2, -0.15) is 0 Å². The minimum absolute atomic E-state index is 0.120. The largest absolute Gasteiger partial charge is 0.493 e. The van der Waals surface area contributed by atoms with Gasteiger partial charge in [-0.25, -0.2) is 0 Å². The van der Waals surface area contributed by atoms with Gasteiger partial charge in [0.15, 0.2) is 0 Å². The summed E-state index contributed by atoms with van der Waals surface area (Å²) in [7, 11) is 0. The topological polar surface area (TPSA) is 45.7 Å². The normalized spacial score (nSPS) is 16.5. The number of para-hydroxylation sites is 1. The number of carbonyl (C=O) groups is 1. The van der Waals surface area contributed by atoms with Gasteiger partial charge >= 0.3 is 0 Å². The van der Waals surface area contributed by atoms with E-state index in [1.165, 1.54) is 11.1 Å². The van der Waals surface area contributed by atoms with E-state index >= 15 is 0 Å². The predicted molar refractivity (Wildman–Crippen MR) is 123 cm³/mol. The number of rotatable bonds is 4. The third-order valence-corrected chi connectivity index (χ3v) is 6.38. The number of pyridine rings is 1. The molecule has 0 unspecified atom stereocenters. The number of ether oxygens (including phenoxy) is 1. The van der Waals surface area contributed by atoms with Crippen LogP contribution in [0.15, 0.2) is 48.5 Å². The Morgan fingerprint density at radius 3 is 2.68 bits per heavy atom. The number of amides is 1. The number of carbonyl (C=O) groups excluding carboxylic acids is 1. The summed E-state index contributed by atoms with van der Waals surface area (Å²) in [6.45, 7) is 9.23. The molecule has 31 heavy (non-hydrogen) atoms. The fraction of sp³-hybridized carbons (Fsp3) is 0.385. The van der Waals surface area contributed by atoms with Crippen LogP contribution >= 0.6 is 0 Å². The third kappa shape index (κ3) is 4.02. The zero-order chi connectivity index (χ0) is 21.4. The average molecular weight is 416 g/mol. The smallest absolute Gasteiger partial charge is 0.254 e. The second-order valence-electron chi connectivity index (χ2n) is 8.88. The van der Waals surface area contributed by atoms with Crippen molar-refractivity contribution in [3.05, 3.63) is 70.9 Å². The lowest BCUT2D eigenvalue weighted by Crippen LogP contribution is -2.48. The van der Waals surface area contributed by atoms with Crippen molar-refractivity contribution in [1.29, 1.82) is 0 Å². The van der Waals surface area contributed by atoms with Crippen LogP contribution in [0.3, 0.4) is 0 Å². The van der Waals surface area contributed by atoms with Gasteiger partial charge in [0.1, 0.15) is 5.75 Å². The van der Waals surface area contributed by atoms with Gasteiger partial charge in [-0.15, -0.1) is 0 Å². The summed E-state index contributed by atoms with van der Waals surface area (Å²) >= 11 is 0. The van der Waals surface area contributed by atoms with Crippen LogP contribution in [-0.2, 0) is 13.0 Å². The Balaban J connectivity index is 1.29. The van der Waals surface area contributed by atoms with Gasteiger partial charge in [0, 0.05) is 50.2 Å². The Labute approximate surface area is 183 Å². The maximum atomic E-state index is 13.4. The second-order valence-corrected chi connectivity index (χ2v) is 8.88. The van der Waals surface area contributed by atoms with Gasteiger partial charge in [0.25, 0.3) is 5.91 Å². The summed E-state index contributed by atoms with van der Waals surface area (Å²) in [5.41, 5.74) is 5.29. The molecule has 0 bridgehead atoms. The number of nitrogens with zero attached hydrogens (tertiary/aromatic N) is 3. The molecule has 3 aromatic rings. The van der Waals surface area contributed by atoms with Gasteiger partial charge in [0.05, 0.1) is 17.7 Å². The SMILES string of the molecule is CC(C)c1cc(C(=O)N2CCN(Cc3ccc4c(c3)CCO4)CC2)c2ccccc2n1. The molecule has 3 heterocycles. The van der Waals surface area contributed by atoms with E-state index < -0.39 is 0 Å². The van der Waals surface area contributed by atoms with Crippen LogP contribution in [0.4, 0.5) is 0 Å². The lowest BCUT2D eigenvalue weighted by Gasteiger charge is -2.35. The van der Waals surface area contributed by atoms with Crippen LogP contribution < -0.4 is 4.74 Å². The van der Waals surface area contributed by atoms with Crippen molar-refractivity contribution in [1.82, 2.24) is 14.8 Å². The molecule has 5 heteroatoms. The molecule has 1 fully saturated rings. The van der Waals surface area contributed by atoms with Gasteiger partial charge in [0.2, 0.25) is 0 Å². The number of aromatic nitrogens is 1. The van der Waals surface area contributed by atoms with Crippen molar-refractivity contribution in [2.45, 2.75) is 32.7 Å². The molecular weight excluding hydrogens is 386 g/mol. The first-order chi connectivity index (χ1) is 15.1. The summed E-state index contributed by atoms with van der Waals surface area (Å²) in [5.74, 6) is 1.44. The van der Waals surface area contributed by atoms with Gasteiger partial charge in [-0.05, 0) is 35.2 Å². The van der Waals surface area contributed by atoms with E-state index in [1.807, 2.05) is 35.2 Å². The van der Waals surface area contributed by atoms with Crippen molar-refractivity contribution in [3.63, 3.8) is 0 Å². The molecule has 1 aromatic heterocycles. The molecule has 1 amide bonds. The first kappa shape index (κ1) is 20.0. The summed E-state index contributed by atoms with van der Waals surface area (Å²) in [6, 6.07) is 16.5. The zero-order valence-corrected chi connectivity index (χ0v) is 18.3. The molecule has 0 spiro atoms. The lowest BCUT2D eigenvalue weighted by atomic mass is 10.0. The molecule has 0 saturated carbocycles. The molecule has 0 radical (unpaired) electrons. The number of fused-ring (bicyclic) bond motifs is 2. The molecule has 5 nitrogen and oxygen atoms in total. The number of hydrogen-bond acceptors (Lipinski definition) is 4. The Hall–Kier alpha value is -2.92. The van der Waals surface area contributed by atoms with Crippen LogP contribution in [-0.4, -0.2) is 53.5 Å². The summed E-state index contributed by atoms with van der Waals surface area (Å²) < 4.78 is 5.62. The first-order valence-electron chi connectivity index (χ1n) is 11.2. The molecule has 2 aliphatic heterocycles. The highest BCUT2D eigenvalue weighted by atomic mass is 16.5. The fourth-order valence-corrected chi connectivity index (χ4v) is 4.54. The van der Waals surface area contributed by atoms with Crippen molar-refractivity contribution in [2.75, 3.05) is 32.8 Å². The maximum Gasteiger partial charge on any atom is 0.254 e. The average Bonchev–Trinajstić information content (AvgIpc) is 3.26. The Morgan fingerprint density at radius 2 is 1.87 bits per heavy atom. The molecule has 1 saturated heterocycles. The van der Waals surface area contributed by atoms with Crippen LogP contribution in [0.25, 0.3) is 10.9 Å². The van der Waals surface area contributed by atoms with E-state index in [4.69, 9.17) is 9.72 Å². The molecular formula is C26H29N3O2. The van der Waals surface area contributed by atoms with E-state index in [0.717, 1.165) is 73.7 Å². The third-order valence-electron chi connectivity index (χ3n) is 6.38. The molecule has 0 N–H and O–H groups in total. The van der Waals surface area contributed by atoms with Crippen LogP contribution in [0.5, 0.6) is 5.75 Å². The van der Waals surface area contributed by atoms with E-state index in [1.54, 1.807) is 0 Å². The molecule has 0 atom stereocenters. The van der Waals surface area contributed by atoms with Gasteiger partial charge in [-0.1, -0.05) is 44.2 Å². The van der Waals surface area contributed by atoms with Gasteiger partial charge < -0.3 is 9.64 Å². The summed E-state index contributed by atoms with van der Waals surface area (Å²) in [4.78, 5) is 22.6. The van der Waals surface area contributed by atoms with Crippen molar-refractivity contribution in [2.24, 2.45) is 0 Å². The quantitative estimate of drug-likeness (QED) is 0.639. The first-order valence-corrected chi connectivity index (χ1v) is 11.2. The van der Waals surface area contributed by atoms with Crippen molar-refractivity contribution < 1.29 is 9.53 Å². The Bertz CT molecular complexity index is 1120. The van der Waals surface area contributed by atoms with E-state index in [2.05, 4.69) is 36.9 Å². The highest BCUT2D eigenvalue weighted by Crippen LogP contribution is 2.27. The fourth-order valence-electron chi connectivity index (χ4n) is 4.54. The van der Waals surface area contributed by atoms with E-state index in [9.17, 15) is 4.79 Å².